The van der Waals surface area contributed by atoms with E-state index in [0.717, 1.165) is 18.4 Å². The summed E-state index contributed by atoms with van der Waals surface area (Å²) in [5.41, 5.74) is 6.98. The minimum absolute atomic E-state index is 0.126. The summed E-state index contributed by atoms with van der Waals surface area (Å²) < 4.78 is 5.77. The van der Waals surface area contributed by atoms with Crippen LogP contribution in [0, 0.1) is 0 Å². The van der Waals surface area contributed by atoms with Crippen LogP contribution in [0.5, 0.6) is 0 Å². The summed E-state index contributed by atoms with van der Waals surface area (Å²) in [5, 5.41) is 8.92. The molecule has 1 saturated carbocycles. The van der Waals surface area contributed by atoms with Gasteiger partial charge in [0.25, 0.3) is 0 Å². The van der Waals surface area contributed by atoms with Gasteiger partial charge < -0.3 is 10.2 Å². The zero-order chi connectivity index (χ0) is 13.2. The van der Waals surface area contributed by atoms with Crippen LogP contribution in [0.3, 0.4) is 0 Å². The molecule has 1 aliphatic carbocycles. The third-order valence-electron chi connectivity index (χ3n) is 3.65. The van der Waals surface area contributed by atoms with Gasteiger partial charge in [0, 0.05) is 16.6 Å². The van der Waals surface area contributed by atoms with Gasteiger partial charge in [-0.05, 0) is 31.0 Å². The van der Waals surface area contributed by atoms with Crippen molar-refractivity contribution in [3.05, 3.63) is 35.2 Å². The van der Waals surface area contributed by atoms with Crippen molar-refractivity contribution < 1.29 is 4.42 Å². The topological polar surface area (TPSA) is 64.9 Å². The van der Waals surface area contributed by atoms with Crippen LogP contribution in [0.1, 0.15) is 37.5 Å². The van der Waals surface area contributed by atoms with E-state index in [1.165, 1.54) is 12.8 Å². The van der Waals surface area contributed by atoms with Crippen molar-refractivity contribution in [2.75, 3.05) is 0 Å². The van der Waals surface area contributed by atoms with E-state index in [9.17, 15) is 0 Å². The van der Waals surface area contributed by atoms with Gasteiger partial charge in [-0.2, -0.15) is 0 Å². The van der Waals surface area contributed by atoms with Crippen LogP contribution in [0.15, 0.2) is 28.7 Å². The molecule has 2 N–H and O–H groups in total. The molecule has 19 heavy (non-hydrogen) atoms. The first-order valence-electron chi connectivity index (χ1n) is 6.59. The zero-order valence-corrected chi connectivity index (χ0v) is 11.3. The van der Waals surface area contributed by atoms with E-state index in [1.807, 2.05) is 24.3 Å². The van der Waals surface area contributed by atoms with Crippen LogP contribution in [-0.4, -0.2) is 16.2 Å². The summed E-state index contributed by atoms with van der Waals surface area (Å²) in [5.74, 6) is 1.35. The van der Waals surface area contributed by atoms with Crippen LogP contribution in [0.4, 0.5) is 0 Å². The average molecular weight is 278 g/mol. The number of benzene rings is 1. The first-order valence-corrected chi connectivity index (χ1v) is 6.97. The Morgan fingerprint density at radius 3 is 2.84 bits per heavy atom. The lowest BCUT2D eigenvalue weighted by atomic mass is 9.85. The van der Waals surface area contributed by atoms with Gasteiger partial charge in [0.15, 0.2) is 0 Å². The van der Waals surface area contributed by atoms with Gasteiger partial charge in [0.05, 0.1) is 5.92 Å². The smallest absolute Gasteiger partial charge is 0.247 e. The molecule has 1 aromatic heterocycles. The fourth-order valence-electron chi connectivity index (χ4n) is 2.59. The van der Waals surface area contributed by atoms with Gasteiger partial charge in [-0.3, -0.25) is 0 Å². The van der Waals surface area contributed by atoms with Crippen molar-refractivity contribution in [1.29, 1.82) is 0 Å². The summed E-state index contributed by atoms with van der Waals surface area (Å²) in [4.78, 5) is 0. The number of hydrogen-bond donors (Lipinski definition) is 1. The van der Waals surface area contributed by atoms with Crippen molar-refractivity contribution in [2.45, 2.75) is 37.6 Å². The standard InChI is InChI=1S/C14H16ClN3O/c15-10-5-3-4-9(8-10)13-17-18-14(19-13)11-6-1-2-7-12(11)16/h3-5,8,11-12H,1-2,6-7,16H2/t11-,12-/m1/s1. The number of aromatic nitrogens is 2. The minimum Gasteiger partial charge on any atom is -0.420 e. The van der Waals surface area contributed by atoms with Crippen LogP contribution in [0.25, 0.3) is 11.5 Å². The van der Waals surface area contributed by atoms with E-state index >= 15 is 0 Å². The van der Waals surface area contributed by atoms with E-state index in [1.54, 1.807) is 0 Å². The average Bonchev–Trinajstić information content (AvgIpc) is 2.89. The minimum atomic E-state index is 0.126. The summed E-state index contributed by atoms with van der Waals surface area (Å²) in [6.45, 7) is 0. The van der Waals surface area contributed by atoms with E-state index < -0.39 is 0 Å². The Balaban J connectivity index is 1.86. The molecule has 1 aromatic carbocycles. The van der Waals surface area contributed by atoms with Crippen LogP contribution in [0.2, 0.25) is 5.02 Å². The molecule has 1 aliphatic rings. The molecule has 1 fully saturated rings. The first kappa shape index (κ1) is 12.6. The predicted octanol–water partition coefficient (Wildman–Crippen LogP) is 3.37. The highest BCUT2D eigenvalue weighted by Gasteiger charge is 2.28. The molecular weight excluding hydrogens is 262 g/mol. The Bertz CT molecular complexity index is 569. The van der Waals surface area contributed by atoms with Gasteiger partial charge in [-0.15, -0.1) is 10.2 Å². The van der Waals surface area contributed by atoms with Crippen LogP contribution >= 0.6 is 11.6 Å². The van der Waals surface area contributed by atoms with Gasteiger partial charge in [-0.25, -0.2) is 0 Å². The van der Waals surface area contributed by atoms with Gasteiger partial charge in [0.1, 0.15) is 0 Å². The Labute approximate surface area is 117 Å². The second-order valence-corrected chi connectivity index (χ2v) is 5.45. The van der Waals surface area contributed by atoms with Crippen molar-refractivity contribution in [1.82, 2.24) is 10.2 Å². The summed E-state index contributed by atoms with van der Waals surface area (Å²) in [7, 11) is 0. The number of nitrogens with zero attached hydrogens (tertiary/aromatic N) is 2. The van der Waals surface area contributed by atoms with E-state index in [2.05, 4.69) is 10.2 Å². The van der Waals surface area contributed by atoms with Gasteiger partial charge in [-0.1, -0.05) is 30.5 Å². The Hall–Kier alpha value is -1.39. The van der Waals surface area contributed by atoms with Crippen LogP contribution in [-0.2, 0) is 0 Å². The Morgan fingerprint density at radius 2 is 2.05 bits per heavy atom. The summed E-state index contributed by atoms with van der Waals surface area (Å²) in [6, 6.07) is 7.54. The molecule has 1 heterocycles. The van der Waals surface area contributed by atoms with Gasteiger partial charge >= 0.3 is 0 Å². The lowest BCUT2D eigenvalue weighted by Crippen LogP contribution is -2.31. The number of rotatable bonds is 2. The summed E-state index contributed by atoms with van der Waals surface area (Å²) in [6.07, 6.45) is 4.41. The molecule has 2 aromatic rings. The van der Waals surface area contributed by atoms with Crippen molar-refractivity contribution in [2.24, 2.45) is 5.73 Å². The molecule has 3 rings (SSSR count). The molecule has 4 nitrogen and oxygen atoms in total. The summed E-state index contributed by atoms with van der Waals surface area (Å²) >= 11 is 5.96. The highest BCUT2D eigenvalue weighted by molar-refractivity contribution is 6.30. The fourth-order valence-corrected chi connectivity index (χ4v) is 2.78. The monoisotopic (exact) mass is 277 g/mol. The SMILES string of the molecule is N[C@@H]1CCCC[C@H]1c1nnc(-c2cccc(Cl)c2)o1. The van der Waals surface area contributed by atoms with Gasteiger partial charge in [0.2, 0.25) is 11.8 Å². The third kappa shape index (κ3) is 2.65. The normalized spacial score (nSPS) is 23.5. The third-order valence-corrected chi connectivity index (χ3v) is 3.88. The maximum absolute atomic E-state index is 6.13. The number of nitrogens with two attached hydrogens (primary N) is 1. The molecule has 0 spiro atoms. The molecule has 2 atom stereocenters. The predicted molar refractivity (Wildman–Crippen MR) is 73.9 cm³/mol. The van der Waals surface area contributed by atoms with E-state index in [4.69, 9.17) is 21.8 Å². The molecule has 0 aliphatic heterocycles. The Morgan fingerprint density at radius 1 is 1.21 bits per heavy atom. The number of hydrogen-bond acceptors (Lipinski definition) is 4. The molecule has 0 radical (unpaired) electrons. The second-order valence-electron chi connectivity index (χ2n) is 5.01. The lowest BCUT2D eigenvalue weighted by molar-refractivity contribution is 0.328. The molecule has 0 bridgehead atoms. The maximum atomic E-state index is 6.13. The van der Waals surface area contributed by atoms with Crippen molar-refractivity contribution in [3.8, 4) is 11.5 Å². The van der Waals surface area contributed by atoms with E-state index in [0.29, 0.717) is 16.8 Å². The molecule has 100 valence electrons. The molecule has 0 amide bonds. The van der Waals surface area contributed by atoms with Crippen molar-refractivity contribution in [3.63, 3.8) is 0 Å². The quantitative estimate of drug-likeness (QED) is 0.914. The second kappa shape index (κ2) is 5.31. The molecular formula is C14H16ClN3O. The number of halogens is 1. The highest BCUT2D eigenvalue weighted by Crippen LogP contribution is 2.32. The molecule has 0 saturated heterocycles. The fraction of sp³-hybridized carbons (Fsp3) is 0.429. The molecule has 0 unspecified atom stereocenters. The zero-order valence-electron chi connectivity index (χ0n) is 10.6. The lowest BCUT2D eigenvalue weighted by Gasteiger charge is -2.25. The largest absolute Gasteiger partial charge is 0.420 e. The highest BCUT2D eigenvalue weighted by atomic mass is 35.5. The first-order chi connectivity index (χ1) is 9.24. The Kier molecular flexibility index (Phi) is 3.53. The maximum Gasteiger partial charge on any atom is 0.247 e. The van der Waals surface area contributed by atoms with Crippen LogP contribution < -0.4 is 5.73 Å². The van der Waals surface area contributed by atoms with Crippen molar-refractivity contribution >= 4 is 11.6 Å². The van der Waals surface area contributed by atoms with E-state index in [-0.39, 0.29) is 12.0 Å². The molecule has 5 heteroatoms.